The summed E-state index contributed by atoms with van der Waals surface area (Å²) in [6.45, 7) is 1.97. The Hall–Kier alpha value is -5.59. The molecular weight excluding hydrogens is 656 g/mol. The van der Waals surface area contributed by atoms with Crippen molar-refractivity contribution in [2.75, 3.05) is 27.9 Å². The van der Waals surface area contributed by atoms with Crippen LogP contribution in [-0.2, 0) is 20.7 Å². The van der Waals surface area contributed by atoms with E-state index in [1.54, 1.807) is 31.2 Å². The van der Waals surface area contributed by atoms with Crippen LogP contribution >= 0.6 is 0 Å². The van der Waals surface area contributed by atoms with Crippen LogP contribution in [0.25, 0.3) is 11.7 Å². The van der Waals surface area contributed by atoms with Crippen LogP contribution in [0.4, 0.5) is 0 Å². The molecular formula is C38H44N4O9. The molecule has 5 rings (SSSR count). The van der Waals surface area contributed by atoms with E-state index in [-0.39, 0.29) is 41.2 Å². The van der Waals surface area contributed by atoms with Gasteiger partial charge in [-0.1, -0.05) is 18.2 Å². The van der Waals surface area contributed by atoms with Crippen molar-refractivity contribution in [2.45, 2.75) is 70.3 Å². The summed E-state index contributed by atoms with van der Waals surface area (Å²) >= 11 is 0. The lowest BCUT2D eigenvalue weighted by Crippen LogP contribution is -2.28. The third-order valence-corrected chi connectivity index (χ3v) is 8.93. The first-order valence-corrected chi connectivity index (χ1v) is 17.0. The maximum absolute atomic E-state index is 13.7. The van der Waals surface area contributed by atoms with Gasteiger partial charge in [0.2, 0.25) is 11.7 Å². The zero-order valence-electron chi connectivity index (χ0n) is 29.3. The number of cyclic esters (lactones) is 1. The lowest BCUT2D eigenvalue weighted by Gasteiger charge is -2.24. The topological polar surface area (TPSA) is 171 Å². The minimum Gasteiger partial charge on any atom is -0.507 e. The van der Waals surface area contributed by atoms with Crippen molar-refractivity contribution in [3.8, 4) is 28.7 Å². The molecule has 3 heterocycles. The van der Waals surface area contributed by atoms with Gasteiger partial charge in [-0.2, -0.15) is 0 Å². The van der Waals surface area contributed by atoms with Crippen LogP contribution in [0.5, 0.6) is 28.7 Å². The lowest BCUT2D eigenvalue weighted by molar-refractivity contribution is -0.121. The van der Waals surface area contributed by atoms with Crippen molar-refractivity contribution in [1.29, 1.82) is 0 Å². The number of rotatable bonds is 10. The molecule has 0 fully saturated rings. The van der Waals surface area contributed by atoms with E-state index in [4.69, 9.17) is 18.9 Å². The molecule has 270 valence electrons. The van der Waals surface area contributed by atoms with Crippen LogP contribution in [-0.4, -0.2) is 76.4 Å². The van der Waals surface area contributed by atoms with Gasteiger partial charge in [-0.3, -0.25) is 14.0 Å². The Morgan fingerprint density at radius 2 is 1.78 bits per heavy atom. The number of allylic oxidation sites excluding steroid dienone is 1. The molecule has 0 radical (unpaired) electrons. The minimum atomic E-state index is -0.994. The molecule has 13 nitrogen and oxygen atoms in total. The molecule has 51 heavy (non-hydrogen) atoms. The fourth-order valence-corrected chi connectivity index (χ4v) is 6.34. The number of Topliss-reactive ketones (excluding diaryl/α,β-unsaturated/α-hetero) is 1. The largest absolute Gasteiger partial charge is 0.507 e. The van der Waals surface area contributed by atoms with Crippen LogP contribution in [0.1, 0.15) is 90.7 Å². The fraction of sp³-hybridized carbons (Fsp3) is 0.395. The number of phenolic OH excluding ortho intramolecular Hbond substituents is 2. The van der Waals surface area contributed by atoms with Gasteiger partial charge in [-0.05, 0) is 74.1 Å². The second-order valence-electron chi connectivity index (χ2n) is 12.4. The Labute approximate surface area is 296 Å². The zero-order valence-corrected chi connectivity index (χ0v) is 29.3. The second-order valence-corrected chi connectivity index (χ2v) is 12.4. The van der Waals surface area contributed by atoms with E-state index in [1.165, 1.54) is 27.4 Å². The Balaban J connectivity index is 1.55. The molecule has 13 heteroatoms. The second kappa shape index (κ2) is 16.9. The number of pyridine rings is 1. The summed E-state index contributed by atoms with van der Waals surface area (Å²) in [6, 6.07) is 10.2. The minimum absolute atomic E-state index is 0.0497. The molecule has 2 aromatic carbocycles. The van der Waals surface area contributed by atoms with Gasteiger partial charge in [0.05, 0.1) is 27.4 Å². The van der Waals surface area contributed by atoms with Gasteiger partial charge in [0.1, 0.15) is 28.7 Å². The van der Waals surface area contributed by atoms with Crippen molar-refractivity contribution in [2.24, 2.45) is 0 Å². The molecule has 1 amide bonds. The highest BCUT2D eigenvalue weighted by Gasteiger charge is 2.32. The standard InChI is InChI=1S/C38H44N4O9/c1-23-11-10-14-26(43)13-7-5-6-12-24-19-28(44)35(36(46)34(24)38(47)51-23)27(25-20-29(48-2)37(50-4)30(21-25)49-3)22-33(45)39-17-16-32-41-40-31-15-8-9-18-42(31)32/h6,8-9,12,15,18-21,23,27,44,46H,5,7,10-11,13-14,16-17,22H2,1-4H3,(H,39,45). The van der Waals surface area contributed by atoms with Gasteiger partial charge in [0.25, 0.3) is 0 Å². The Kier molecular flexibility index (Phi) is 12.1. The number of aromatic hydroxyl groups is 2. The zero-order chi connectivity index (χ0) is 36.5. The van der Waals surface area contributed by atoms with Crippen molar-refractivity contribution in [3.63, 3.8) is 0 Å². The summed E-state index contributed by atoms with van der Waals surface area (Å²) in [5.41, 5.74) is 1.17. The monoisotopic (exact) mass is 700 g/mol. The van der Waals surface area contributed by atoms with Gasteiger partial charge < -0.3 is 34.5 Å². The summed E-state index contributed by atoms with van der Waals surface area (Å²) < 4.78 is 24.3. The smallest absolute Gasteiger partial charge is 0.342 e. The number of phenols is 2. The fourth-order valence-electron chi connectivity index (χ4n) is 6.34. The van der Waals surface area contributed by atoms with Crippen LogP contribution < -0.4 is 19.5 Å². The van der Waals surface area contributed by atoms with E-state index in [2.05, 4.69) is 15.5 Å². The number of amides is 1. The highest BCUT2D eigenvalue weighted by molar-refractivity contribution is 5.98. The average Bonchev–Trinajstić information content (AvgIpc) is 3.52. The summed E-state index contributed by atoms with van der Waals surface area (Å²) in [5, 5.41) is 34.8. The molecule has 1 aliphatic rings. The van der Waals surface area contributed by atoms with Gasteiger partial charge >= 0.3 is 5.97 Å². The number of ketones is 1. The highest BCUT2D eigenvalue weighted by atomic mass is 16.5. The predicted molar refractivity (Wildman–Crippen MR) is 189 cm³/mol. The number of carbonyl (C=O) groups excluding carboxylic acids is 3. The first kappa shape index (κ1) is 36.7. The van der Waals surface area contributed by atoms with Gasteiger partial charge in [0, 0.05) is 49.9 Å². The van der Waals surface area contributed by atoms with Crippen molar-refractivity contribution < 1.29 is 43.5 Å². The summed E-state index contributed by atoms with van der Waals surface area (Å²) in [5.74, 6) is -1.31. The summed E-state index contributed by atoms with van der Waals surface area (Å²) in [4.78, 5) is 39.6. The number of hydrogen-bond acceptors (Lipinski definition) is 11. The van der Waals surface area contributed by atoms with E-state index in [0.717, 1.165) is 0 Å². The Morgan fingerprint density at radius 3 is 2.51 bits per heavy atom. The Morgan fingerprint density at radius 1 is 1.04 bits per heavy atom. The molecule has 0 saturated heterocycles. The highest BCUT2D eigenvalue weighted by Crippen LogP contribution is 2.47. The molecule has 0 aliphatic carbocycles. The van der Waals surface area contributed by atoms with Gasteiger partial charge in [-0.25, -0.2) is 4.79 Å². The van der Waals surface area contributed by atoms with Gasteiger partial charge in [0.15, 0.2) is 17.1 Å². The first-order chi connectivity index (χ1) is 24.6. The third-order valence-electron chi connectivity index (χ3n) is 8.93. The maximum atomic E-state index is 13.7. The molecule has 1 aliphatic heterocycles. The number of fused-ring (bicyclic) bond motifs is 2. The van der Waals surface area contributed by atoms with Crippen molar-refractivity contribution in [1.82, 2.24) is 19.9 Å². The lowest BCUT2D eigenvalue weighted by atomic mass is 9.84. The summed E-state index contributed by atoms with van der Waals surface area (Å²) in [6.07, 6.45) is 7.92. The first-order valence-electron chi connectivity index (χ1n) is 17.0. The number of esters is 1. The third kappa shape index (κ3) is 8.59. The average molecular weight is 701 g/mol. The number of benzene rings is 2. The van der Waals surface area contributed by atoms with E-state index in [9.17, 15) is 24.6 Å². The number of aromatic nitrogens is 3. The van der Waals surface area contributed by atoms with Crippen LogP contribution in [0.15, 0.2) is 48.7 Å². The quantitative estimate of drug-likeness (QED) is 0.178. The number of nitrogens with one attached hydrogen (secondary N) is 1. The number of methoxy groups -OCH3 is 3. The number of carbonyl (C=O) groups is 3. The van der Waals surface area contributed by atoms with Crippen molar-refractivity contribution in [3.05, 3.63) is 76.7 Å². The molecule has 2 atom stereocenters. The normalized spacial score (nSPS) is 16.1. The van der Waals surface area contributed by atoms with Gasteiger partial charge in [-0.15, -0.1) is 10.2 Å². The molecule has 2 unspecified atom stereocenters. The van der Waals surface area contributed by atoms with E-state index in [1.807, 2.05) is 28.8 Å². The molecule has 3 N–H and O–H groups in total. The number of hydrogen-bond donors (Lipinski definition) is 3. The van der Waals surface area contributed by atoms with E-state index < -0.39 is 29.6 Å². The maximum Gasteiger partial charge on any atom is 0.342 e. The van der Waals surface area contributed by atoms with Crippen LogP contribution in [0.2, 0.25) is 0 Å². The summed E-state index contributed by atoms with van der Waals surface area (Å²) in [7, 11) is 4.38. The Bertz CT molecular complexity index is 1890. The van der Waals surface area contributed by atoms with Crippen LogP contribution in [0.3, 0.4) is 0 Å². The van der Waals surface area contributed by atoms with E-state index in [0.29, 0.717) is 79.2 Å². The van der Waals surface area contributed by atoms with E-state index >= 15 is 0 Å². The molecule has 0 saturated carbocycles. The SMILES string of the molecule is COc1cc(C(CC(=O)NCCc2nnc3ccccn23)c2c(O)cc3c(c2O)C(=O)OC(C)CCCC(=O)CCCC=C3)cc(OC)c1OC. The number of ether oxygens (including phenoxy) is 4. The number of nitrogens with zero attached hydrogens (tertiary/aromatic N) is 3. The van der Waals surface area contributed by atoms with Crippen molar-refractivity contribution >= 4 is 29.4 Å². The molecule has 2 aromatic heterocycles. The van der Waals surface area contributed by atoms with Crippen LogP contribution in [0, 0.1) is 0 Å². The molecule has 4 aromatic rings. The molecule has 0 bridgehead atoms. The predicted octanol–water partition coefficient (Wildman–Crippen LogP) is 5.53. The molecule has 0 spiro atoms.